The van der Waals surface area contributed by atoms with Gasteiger partial charge >= 0.3 is 0 Å². The number of methoxy groups -OCH3 is 2. The number of sulfonamides is 1. The lowest BCUT2D eigenvalue weighted by atomic mass is 10.0. The molecule has 0 spiro atoms. The number of hydrogen-bond donors (Lipinski definition) is 1. The fourth-order valence-electron chi connectivity index (χ4n) is 5.13. The number of carbonyl (C=O) groups excluding carboxylic acids is 2. The van der Waals surface area contributed by atoms with Gasteiger partial charge in [0.15, 0.2) is 11.5 Å². The Labute approximate surface area is 296 Å². The van der Waals surface area contributed by atoms with E-state index in [9.17, 15) is 22.4 Å². The van der Waals surface area contributed by atoms with Gasteiger partial charge in [-0.05, 0) is 66.1 Å². The average Bonchev–Trinajstić information content (AvgIpc) is 3.10. The molecule has 4 aromatic carbocycles. The van der Waals surface area contributed by atoms with Gasteiger partial charge in [-0.1, -0.05) is 72.9 Å². The van der Waals surface area contributed by atoms with Crippen molar-refractivity contribution in [3.05, 3.63) is 118 Å². The quantitative estimate of drug-likeness (QED) is 0.126. The summed E-state index contributed by atoms with van der Waals surface area (Å²) in [6.45, 7) is 1.51. The lowest BCUT2D eigenvalue weighted by Gasteiger charge is -2.34. The summed E-state index contributed by atoms with van der Waals surface area (Å²) in [5.74, 6) is -1.25. The van der Waals surface area contributed by atoms with Crippen molar-refractivity contribution in [1.29, 1.82) is 0 Å². The number of amides is 2. The van der Waals surface area contributed by atoms with Crippen LogP contribution in [0, 0.1) is 5.82 Å². The molecule has 0 aliphatic heterocycles. The number of unbranched alkanes of at least 4 members (excludes halogenated alkanes) is 1. The summed E-state index contributed by atoms with van der Waals surface area (Å²) in [7, 11) is -1.69. The van der Waals surface area contributed by atoms with E-state index in [1.54, 1.807) is 12.1 Å². The predicted octanol–water partition coefficient (Wildman–Crippen LogP) is 6.90. The van der Waals surface area contributed by atoms with Crippen LogP contribution >= 0.6 is 23.2 Å². The van der Waals surface area contributed by atoms with E-state index in [4.69, 9.17) is 32.7 Å². The van der Waals surface area contributed by atoms with Crippen LogP contribution < -0.4 is 19.1 Å². The van der Waals surface area contributed by atoms with Crippen molar-refractivity contribution >= 4 is 50.7 Å². The van der Waals surface area contributed by atoms with Gasteiger partial charge in [-0.3, -0.25) is 13.9 Å². The Kier molecular flexibility index (Phi) is 13.3. The van der Waals surface area contributed by atoms with E-state index >= 15 is 0 Å². The lowest BCUT2D eigenvalue weighted by Crippen LogP contribution is -2.53. The van der Waals surface area contributed by atoms with Crippen LogP contribution in [0.4, 0.5) is 10.1 Å². The number of halogens is 3. The van der Waals surface area contributed by atoms with Crippen molar-refractivity contribution in [2.75, 3.05) is 31.6 Å². The molecule has 0 radical (unpaired) electrons. The molecule has 1 N–H and O–H groups in total. The maximum absolute atomic E-state index is 14.6. The molecule has 0 bridgehead atoms. The van der Waals surface area contributed by atoms with E-state index in [0.717, 1.165) is 34.8 Å². The van der Waals surface area contributed by atoms with E-state index in [2.05, 4.69) is 5.32 Å². The third-order valence-corrected chi connectivity index (χ3v) is 10.1. The Bertz CT molecular complexity index is 1850. The van der Waals surface area contributed by atoms with Crippen LogP contribution in [-0.4, -0.2) is 58.5 Å². The molecule has 4 rings (SSSR count). The molecule has 0 aromatic heterocycles. The monoisotopic (exact) mass is 729 g/mol. The third-order valence-electron chi connectivity index (χ3n) is 7.79. The van der Waals surface area contributed by atoms with Crippen molar-refractivity contribution < 1.29 is 31.9 Å². The Morgan fingerprint density at radius 2 is 1.59 bits per heavy atom. The number of nitrogens with zero attached hydrogens (tertiary/aromatic N) is 2. The van der Waals surface area contributed by atoms with Gasteiger partial charge in [0.25, 0.3) is 10.0 Å². The van der Waals surface area contributed by atoms with Gasteiger partial charge in [0.05, 0.1) is 24.8 Å². The van der Waals surface area contributed by atoms with Gasteiger partial charge in [0.1, 0.15) is 18.4 Å². The minimum absolute atomic E-state index is 0.0287. The highest BCUT2D eigenvalue weighted by atomic mass is 35.5. The highest BCUT2D eigenvalue weighted by Gasteiger charge is 2.35. The van der Waals surface area contributed by atoms with E-state index < -0.39 is 40.2 Å². The summed E-state index contributed by atoms with van der Waals surface area (Å²) < 4.78 is 54.1. The summed E-state index contributed by atoms with van der Waals surface area (Å²) in [5, 5.41) is 3.58. The van der Waals surface area contributed by atoms with Gasteiger partial charge in [-0.15, -0.1) is 0 Å². The van der Waals surface area contributed by atoms with Gasteiger partial charge in [-0.2, -0.15) is 0 Å². The van der Waals surface area contributed by atoms with Crippen LogP contribution in [0.5, 0.6) is 11.5 Å². The first kappa shape index (κ1) is 37.5. The topological polar surface area (TPSA) is 105 Å². The summed E-state index contributed by atoms with van der Waals surface area (Å²) in [6, 6.07) is 21.7. The van der Waals surface area contributed by atoms with Gasteiger partial charge in [-0.25, -0.2) is 12.8 Å². The molecule has 9 nitrogen and oxygen atoms in total. The maximum atomic E-state index is 14.6. The molecular weight excluding hydrogens is 692 g/mol. The van der Waals surface area contributed by atoms with Gasteiger partial charge in [0.2, 0.25) is 11.8 Å². The van der Waals surface area contributed by atoms with Crippen molar-refractivity contribution in [2.24, 2.45) is 0 Å². The molecule has 2 amide bonds. The zero-order valence-electron chi connectivity index (χ0n) is 27.4. The molecule has 0 aliphatic rings. The van der Waals surface area contributed by atoms with E-state index in [0.29, 0.717) is 22.9 Å². The number of anilines is 1. The number of ether oxygens (including phenoxy) is 2. The Hall–Kier alpha value is -4.32. The second kappa shape index (κ2) is 17.4. The first-order valence-corrected chi connectivity index (χ1v) is 17.7. The molecule has 0 heterocycles. The zero-order chi connectivity index (χ0) is 35.6. The van der Waals surface area contributed by atoms with Crippen LogP contribution in [0.1, 0.15) is 30.9 Å². The molecule has 0 fully saturated rings. The van der Waals surface area contributed by atoms with Gasteiger partial charge < -0.3 is 19.7 Å². The number of rotatable bonds is 16. The molecule has 49 heavy (non-hydrogen) atoms. The number of benzene rings is 4. The van der Waals surface area contributed by atoms with Crippen LogP contribution in [0.2, 0.25) is 10.0 Å². The molecule has 4 aromatic rings. The minimum atomic E-state index is -4.48. The molecular formula is C36H38Cl2FN3O6S. The highest BCUT2D eigenvalue weighted by Crippen LogP contribution is 2.33. The summed E-state index contributed by atoms with van der Waals surface area (Å²) in [5.41, 5.74) is 1.31. The minimum Gasteiger partial charge on any atom is -0.493 e. The lowest BCUT2D eigenvalue weighted by molar-refractivity contribution is -0.140. The second-order valence-electron chi connectivity index (χ2n) is 11.1. The standard InChI is InChI=1S/C36H38Cl2FN3O6S/c1-4-5-19-40-36(44)32(20-25-9-7-6-8-10-25)41(23-26-11-12-27(37)21-31(26)38)35(43)24-42(29-15-13-28(39)14-16-29)49(45,46)30-17-18-33(47-2)34(22-30)48-3/h6-18,21-22,32H,4-5,19-20,23-24H2,1-3H3,(H,40,44)/t32-/m1/s1. The molecule has 260 valence electrons. The van der Waals surface area contributed by atoms with Crippen LogP contribution in [-0.2, 0) is 32.6 Å². The van der Waals surface area contributed by atoms with Crippen molar-refractivity contribution in [3.8, 4) is 11.5 Å². The maximum Gasteiger partial charge on any atom is 0.264 e. The highest BCUT2D eigenvalue weighted by molar-refractivity contribution is 7.92. The molecule has 13 heteroatoms. The average molecular weight is 731 g/mol. The Morgan fingerprint density at radius 3 is 2.22 bits per heavy atom. The van der Waals surface area contributed by atoms with E-state index in [1.807, 2.05) is 37.3 Å². The summed E-state index contributed by atoms with van der Waals surface area (Å²) >= 11 is 12.7. The predicted molar refractivity (Wildman–Crippen MR) is 189 cm³/mol. The first-order valence-electron chi connectivity index (χ1n) is 15.5. The second-order valence-corrected chi connectivity index (χ2v) is 13.8. The third kappa shape index (κ3) is 9.65. The van der Waals surface area contributed by atoms with Crippen molar-refractivity contribution in [2.45, 2.75) is 43.7 Å². The van der Waals surface area contributed by atoms with Gasteiger partial charge in [0, 0.05) is 35.6 Å². The van der Waals surface area contributed by atoms with E-state index in [-0.39, 0.29) is 34.3 Å². The van der Waals surface area contributed by atoms with Crippen LogP contribution in [0.25, 0.3) is 0 Å². The number of carbonyl (C=O) groups is 2. The summed E-state index contributed by atoms with van der Waals surface area (Å²) in [6.07, 6.45) is 1.70. The molecule has 1 atom stereocenters. The molecule has 0 saturated carbocycles. The van der Waals surface area contributed by atoms with Crippen molar-refractivity contribution in [3.63, 3.8) is 0 Å². The largest absolute Gasteiger partial charge is 0.493 e. The molecule has 0 aliphatic carbocycles. The summed E-state index contributed by atoms with van der Waals surface area (Å²) in [4.78, 5) is 29.6. The Morgan fingerprint density at radius 1 is 0.898 bits per heavy atom. The number of nitrogens with one attached hydrogen (secondary N) is 1. The normalized spacial score (nSPS) is 11.8. The Balaban J connectivity index is 1.83. The number of hydrogen-bond acceptors (Lipinski definition) is 6. The van der Waals surface area contributed by atoms with Crippen molar-refractivity contribution in [1.82, 2.24) is 10.2 Å². The first-order chi connectivity index (χ1) is 23.5. The van der Waals surface area contributed by atoms with E-state index in [1.165, 1.54) is 55.5 Å². The SMILES string of the molecule is CCCCNC(=O)[C@@H](Cc1ccccc1)N(Cc1ccc(Cl)cc1Cl)C(=O)CN(c1ccc(F)cc1)S(=O)(=O)c1ccc(OC)c(OC)c1. The smallest absolute Gasteiger partial charge is 0.264 e. The fraction of sp³-hybridized carbons (Fsp3) is 0.278. The molecule has 0 saturated heterocycles. The molecule has 0 unspecified atom stereocenters. The van der Waals surface area contributed by atoms with Crippen LogP contribution in [0.3, 0.4) is 0 Å². The fourth-order valence-corrected chi connectivity index (χ4v) is 7.03. The zero-order valence-corrected chi connectivity index (χ0v) is 29.7. The van der Waals surface area contributed by atoms with Crippen LogP contribution in [0.15, 0.2) is 95.9 Å².